The molecule has 2 N–H and O–H groups in total. The third kappa shape index (κ3) is 4.55. The molecule has 6 nitrogen and oxygen atoms in total. The Morgan fingerprint density at radius 2 is 1.80 bits per heavy atom. The van der Waals surface area contributed by atoms with Crippen LogP contribution in [0, 0.1) is 19.7 Å². The van der Waals surface area contributed by atoms with E-state index >= 15 is 0 Å². The first kappa shape index (κ1) is 18.9. The van der Waals surface area contributed by atoms with E-state index in [9.17, 15) is 17.6 Å². The number of ether oxygens (including phenoxy) is 1. The van der Waals surface area contributed by atoms with Crippen LogP contribution in [0.25, 0.3) is 0 Å². The quantitative estimate of drug-likeness (QED) is 0.768. The molecule has 0 spiro atoms. The first-order chi connectivity index (χ1) is 11.7. The maximum absolute atomic E-state index is 13.6. The monoisotopic (exact) mass is 366 g/mol. The third-order valence-corrected chi connectivity index (χ3v) is 4.94. The summed E-state index contributed by atoms with van der Waals surface area (Å²) in [5, 5.41) is 0. The molecule has 1 amide bonds. The highest BCUT2D eigenvalue weighted by molar-refractivity contribution is 7.89. The van der Waals surface area contributed by atoms with Gasteiger partial charge in [-0.3, -0.25) is 10.2 Å². The molecule has 0 bridgehead atoms. The van der Waals surface area contributed by atoms with E-state index in [1.54, 1.807) is 12.1 Å². The zero-order chi connectivity index (χ0) is 18.6. The van der Waals surface area contributed by atoms with Gasteiger partial charge in [0.2, 0.25) is 0 Å². The standard InChI is InChI=1S/C17H19FN2O4S/c1-11-7-6-9-15(12(11)2)24-13(3)17(21)19-20-25(22,23)16-10-5-4-8-14(16)18/h4-10,13,20H,1-3H3,(H,19,21)/t13-/m1/s1. The van der Waals surface area contributed by atoms with Gasteiger partial charge in [-0.15, -0.1) is 4.83 Å². The molecule has 0 radical (unpaired) electrons. The summed E-state index contributed by atoms with van der Waals surface area (Å²) < 4.78 is 43.2. The van der Waals surface area contributed by atoms with Gasteiger partial charge < -0.3 is 4.74 Å². The maximum atomic E-state index is 13.6. The van der Waals surface area contributed by atoms with E-state index < -0.39 is 32.7 Å². The molecular weight excluding hydrogens is 347 g/mol. The van der Waals surface area contributed by atoms with Gasteiger partial charge in [-0.1, -0.05) is 24.3 Å². The van der Waals surface area contributed by atoms with Gasteiger partial charge in [0, 0.05) is 0 Å². The Balaban J connectivity index is 2.02. The van der Waals surface area contributed by atoms with Crippen LogP contribution in [-0.2, 0) is 14.8 Å². The predicted octanol–water partition coefficient (Wildman–Crippen LogP) is 2.22. The van der Waals surface area contributed by atoms with Crippen LogP contribution in [-0.4, -0.2) is 20.4 Å². The third-order valence-electron chi connectivity index (χ3n) is 3.66. The summed E-state index contributed by atoms with van der Waals surface area (Å²) in [6.07, 6.45) is -0.955. The number of halogens is 1. The smallest absolute Gasteiger partial charge is 0.275 e. The highest BCUT2D eigenvalue weighted by atomic mass is 32.2. The lowest BCUT2D eigenvalue weighted by molar-refractivity contribution is -0.127. The zero-order valence-corrected chi connectivity index (χ0v) is 14.9. The Morgan fingerprint density at radius 3 is 2.48 bits per heavy atom. The molecule has 0 aliphatic heterocycles. The molecule has 2 rings (SSSR count). The van der Waals surface area contributed by atoms with E-state index in [0.29, 0.717) is 5.75 Å². The van der Waals surface area contributed by atoms with Crippen molar-refractivity contribution in [2.75, 3.05) is 0 Å². The SMILES string of the molecule is Cc1cccc(O[C@H](C)C(=O)NNS(=O)(=O)c2ccccc2F)c1C. The maximum Gasteiger partial charge on any atom is 0.275 e. The molecule has 0 aliphatic carbocycles. The first-order valence-electron chi connectivity index (χ1n) is 7.51. The first-order valence-corrected chi connectivity index (χ1v) is 9.00. The number of rotatable bonds is 6. The summed E-state index contributed by atoms with van der Waals surface area (Å²) in [6.45, 7) is 5.25. The zero-order valence-electron chi connectivity index (χ0n) is 14.0. The average molecular weight is 366 g/mol. The van der Waals surface area contributed by atoms with E-state index in [1.165, 1.54) is 19.1 Å². The lowest BCUT2D eigenvalue weighted by atomic mass is 10.1. The second-order valence-electron chi connectivity index (χ2n) is 5.48. The Hall–Kier alpha value is -2.45. The largest absolute Gasteiger partial charge is 0.481 e. The molecule has 0 unspecified atom stereocenters. The van der Waals surface area contributed by atoms with Gasteiger partial charge in [-0.2, -0.15) is 0 Å². The molecule has 0 aromatic heterocycles. The molecule has 2 aromatic rings. The molecule has 25 heavy (non-hydrogen) atoms. The summed E-state index contributed by atoms with van der Waals surface area (Å²) >= 11 is 0. The highest BCUT2D eigenvalue weighted by Crippen LogP contribution is 2.21. The van der Waals surface area contributed by atoms with Crippen molar-refractivity contribution >= 4 is 15.9 Å². The number of hydrogen-bond donors (Lipinski definition) is 2. The van der Waals surface area contributed by atoms with E-state index in [1.807, 2.05) is 30.2 Å². The van der Waals surface area contributed by atoms with Crippen LogP contribution in [0.4, 0.5) is 4.39 Å². The summed E-state index contributed by atoms with van der Waals surface area (Å²) in [7, 11) is -4.22. The van der Waals surface area contributed by atoms with Crippen molar-refractivity contribution in [3.8, 4) is 5.75 Å². The fourth-order valence-corrected chi connectivity index (χ4v) is 2.96. The Labute approximate surface area is 146 Å². The van der Waals surface area contributed by atoms with E-state index in [2.05, 4.69) is 0 Å². The Bertz CT molecular complexity index is 884. The van der Waals surface area contributed by atoms with Gasteiger partial charge in [-0.25, -0.2) is 12.8 Å². The predicted molar refractivity (Wildman–Crippen MR) is 90.9 cm³/mol. The number of carbonyl (C=O) groups excluding carboxylic acids is 1. The second kappa shape index (κ2) is 7.62. The molecule has 134 valence electrons. The average Bonchev–Trinajstić information content (AvgIpc) is 2.57. The molecule has 0 fully saturated rings. The number of carbonyl (C=O) groups is 1. The minimum atomic E-state index is -4.22. The Morgan fingerprint density at radius 1 is 1.12 bits per heavy atom. The molecule has 0 aliphatic rings. The number of benzene rings is 2. The van der Waals surface area contributed by atoms with Gasteiger partial charge in [0.25, 0.3) is 15.9 Å². The van der Waals surface area contributed by atoms with Crippen molar-refractivity contribution < 1.29 is 22.3 Å². The van der Waals surface area contributed by atoms with Gasteiger partial charge in [0.15, 0.2) is 6.10 Å². The van der Waals surface area contributed by atoms with Gasteiger partial charge >= 0.3 is 0 Å². The Kier molecular flexibility index (Phi) is 5.76. The van der Waals surface area contributed by atoms with E-state index in [-0.39, 0.29) is 0 Å². The number of hydrazine groups is 1. The summed E-state index contributed by atoms with van der Waals surface area (Å²) in [5.74, 6) is -1.09. The van der Waals surface area contributed by atoms with Crippen molar-refractivity contribution in [3.05, 3.63) is 59.4 Å². The number of aryl methyl sites for hydroxylation is 1. The minimum Gasteiger partial charge on any atom is -0.481 e. The van der Waals surface area contributed by atoms with Crippen LogP contribution in [0.3, 0.4) is 0 Å². The second-order valence-corrected chi connectivity index (χ2v) is 7.13. The van der Waals surface area contributed by atoms with E-state index in [4.69, 9.17) is 4.74 Å². The van der Waals surface area contributed by atoms with Crippen LogP contribution in [0.5, 0.6) is 5.75 Å². The van der Waals surface area contributed by atoms with Gasteiger partial charge in [0.05, 0.1) is 0 Å². The normalized spacial score (nSPS) is 12.5. The molecule has 2 aromatic carbocycles. The highest BCUT2D eigenvalue weighted by Gasteiger charge is 2.22. The van der Waals surface area contributed by atoms with Crippen LogP contribution in [0.1, 0.15) is 18.1 Å². The summed E-state index contributed by atoms with van der Waals surface area (Å²) in [4.78, 5) is 13.4. The van der Waals surface area contributed by atoms with E-state index in [0.717, 1.165) is 23.3 Å². The minimum absolute atomic E-state index is 0.527. The van der Waals surface area contributed by atoms with Crippen molar-refractivity contribution in [1.29, 1.82) is 0 Å². The van der Waals surface area contributed by atoms with Crippen molar-refractivity contribution in [1.82, 2.24) is 10.3 Å². The van der Waals surface area contributed by atoms with Crippen LogP contribution in [0.15, 0.2) is 47.4 Å². The van der Waals surface area contributed by atoms with Crippen molar-refractivity contribution in [2.45, 2.75) is 31.8 Å². The van der Waals surface area contributed by atoms with Crippen LogP contribution >= 0.6 is 0 Å². The molecule has 0 saturated heterocycles. The summed E-state index contributed by atoms with van der Waals surface area (Å²) in [5.41, 5.74) is 3.92. The molecule has 1 atom stereocenters. The number of amides is 1. The molecular formula is C17H19FN2O4S. The van der Waals surface area contributed by atoms with Gasteiger partial charge in [0.1, 0.15) is 16.5 Å². The lowest BCUT2D eigenvalue weighted by Gasteiger charge is -2.17. The van der Waals surface area contributed by atoms with Gasteiger partial charge in [-0.05, 0) is 50.1 Å². The lowest BCUT2D eigenvalue weighted by Crippen LogP contribution is -2.47. The number of sulfonamides is 1. The number of hydrogen-bond acceptors (Lipinski definition) is 4. The fourth-order valence-electron chi connectivity index (χ4n) is 2.03. The molecule has 0 heterocycles. The fraction of sp³-hybridized carbons (Fsp3) is 0.235. The van der Waals surface area contributed by atoms with Crippen molar-refractivity contribution in [3.63, 3.8) is 0 Å². The topological polar surface area (TPSA) is 84.5 Å². The molecule has 8 heteroatoms. The van der Waals surface area contributed by atoms with Crippen LogP contribution < -0.4 is 15.0 Å². The van der Waals surface area contributed by atoms with Crippen LogP contribution in [0.2, 0.25) is 0 Å². The van der Waals surface area contributed by atoms with Crippen molar-refractivity contribution in [2.24, 2.45) is 0 Å². The number of nitrogens with one attached hydrogen (secondary N) is 2. The summed E-state index contributed by atoms with van der Waals surface area (Å²) in [6, 6.07) is 10.3. The molecule has 0 saturated carbocycles.